The van der Waals surface area contributed by atoms with E-state index in [2.05, 4.69) is 33.0 Å². The van der Waals surface area contributed by atoms with Gasteiger partial charge in [0.2, 0.25) is 5.91 Å². The summed E-state index contributed by atoms with van der Waals surface area (Å²) in [5.74, 6) is 1.66. The zero-order chi connectivity index (χ0) is 15.4. The van der Waals surface area contributed by atoms with Crippen molar-refractivity contribution in [3.8, 4) is 0 Å². The first kappa shape index (κ1) is 15.3. The Labute approximate surface area is 129 Å². The maximum absolute atomic E-state index is 12.8. The second kappa shape index (κ2) is 4.97. The van der Waals surface area contributed by atoms with E-state index in [1.54, 1.807) is 0 Å². The van der Waals surface area contributed by atoms with E-state index in [1.807, 2.05) is 0 Å². The average molecular weight is 292 g/mol. The first-order chi connectivity index (χ1) is 9.74. The quantitative estimate of drug-likeness (QED) is 0.822. The van der Waals surface area contributed by atoms with E-state index in [9.17, 15) is 4.79 Å². The number of fused-ring (bicyclic) bond motifs is 2. The molecule has 21 heavy (non-hydrogen) atoms. The normalized spacial score (nSPS) is 48.3. The number of nitrogens with two attached hydrogens (primary N) is 1. The fraction of sp³-hybridized carbons (Fsp3) is 0.944. The van der Waals surface area contributed by atoms with Crippen molar-refractivity contribution in [3.05, 3.63) is 0 Å². The van der Waals surface area contributed by atoms with Gasteiger partial charge in [-0.05, 0) is 61.2 Å². The van der Waals surface area contributed by atoms with Crippen molar-refractivity contribution in [3.63, 3.8) is 0 Å². The van der Waals surface area contributed by atoms with E-state index in [0.717, 1.165) is 25.2 Å². The summed E-state index contributed by atoms with van der Waals surface area (Å²) in [6.45, 7) is 9.28. The molecule has 0 aromatic rings. The monoisotopic (exact) mass is 292 g/mol. The number of hydrogen-bond donors (Lipinski definition) is 2. The minimum atomic E-state index is 0.170. The molecule has 0 heterocycles. The number of rotatable bonds is 2. The van der Waals surface area contributed by atoms with E-state index in [-0.39, 0.29) is 11.3 Å². The van der Waals surface area contributed by atoms with Crippen molar-refractivity contribution in [2.45, 2.75) is 78.3 Å². The van der Waals surface area contributed by atoms with Crippen LogP contribution in [0.25, 0.3) is 0 Å². The van der Waals surface area contributed by atoms with Crippen molar-refractivity contribution in [1.29, 1.82) is 0 Å². The SMILES string of the molecule is CC1CC(N)CCC1C(=O)NC1C2(C)CCC(C2)C1(C)C. The predicted molar refractivity (Wildman–Crippen MR) is 85.6 cm³/mol. The van der Waals surface area contributed by atoms with Gasteiger partial charge in [0.25, 0.3) is 0 Å². The Balaban J connectivity index is 1.70. The molecule has 0 aromatic carbocycles. The fourth-order valence-electron chi connectivity index (χ4n) is 5.74. The molecule has 120 valence electrons. The van der Waals surface area contributed by atoms with Crippen molar-refractivity contribution < 1.29 is 4.79 Å². The Kier molecular flexibility index (Phi) is 3.63. The Morgan fingerprint density at radius 2 is 1.90 bits per heavy atom. The van der Waals surface area contributed by atoms with Crippen LogP contribution in [0.1, 0.15) is 66.2 Å². The molecule has 0 aromatic heterocycles. The molecule has 3 nitrogen and oxygen atoms in total. The van der Waals surface area contributed by atoms with E-state index < -0.39 is 0 Å². The zero-order valence-corrected chi connectivity index (χ0v) is 14.1. The van der Waals surface area contributed by atoms with Gasteiger partial charge in [-0.3, -0.25) is 4.79 Å². The van der Waals surface area contributed by atoms with Gasteiger partial charge in [-0.25, -0.2) is 0 Å². The van der Waals surface area contributed by atoms with Gasteiger partial charge in [-0.15, -0.1) is 0 Å². The van der Waals surface area contributed by atoms with Crippen molar-refractivity contribution >= 4 is 5.91 Å². The molecule has 6 unspecified atom stereocenters. The second-order valence-electron chi connectivity index (χ2n) is 9.01. The van der Waals surface area contributed by atoms with E-state index in [1.165, 1.54) is 19.3 Å². The Morgan fingerprint density at radius 1 is 1.19 bits per heavy atom. The summed E-state index contributed by atoms with van der Waals surface area (Å²) >= 11 is 0. The summed E-state index contributed by atoms with van der Waals surface area (Å²) < 4.78 is 0. The molecule has 6 atom stereocenters. The van der Waals surface area contributed by atoms with Gasteiger partial charge in [0.1, 0.15) is 0 Å². The fourth-order valence-corrected chi connectivity index (χ4v) is 5.74. The highest BCUT2D eigenvalue weighted by Gasteiger charge is 2.59. The average Bonchev–Trinajstić information content (AvgIpc) is 2.85. The molecule has 1 amide bonds. The lowest BCUT2D eigenvalue weighted by atomic mass is 9.68. The lowest BCUT2D eigenvalue weighted by Gasteiger charge is -2.44. The highest BCUT2D eigenvalue weighted by Crippen LogP contribution is 2.62. The van der Waals surface area contributed by atoms with Crippen LogP contribution in [-0.4, -0.2) is 18.0 Å². The van der Waals surface area contributed by atoms with Crippen LogP contribution < -0.4 is 11.1 Å². The van der Waals surface area contributed by atoms with E-state index in [4.69, 9.17) is 5.73 Å². The van der Waals surface area contributed by atoms with Crippen molar-refractivity contribution in [2.24, 2.45) is 34.3 Å². The summed E-state index contributed by atoms with van der Waals surface area (Å²) in [6, 6.07) is 0.638. The van der Waals surface area contributed by atoms with Crippen LogP contribution in [0.5, 0.6) is 0 Å². The molecular weight excluding hydrogens is 260 g/mol. The summed E-state index contributed by atoms with van der Waals surface area (Å²) in [6.07, 6.45) is 6.85. The molecule has 2 bridgehead atoms. The molecule has 3 heteroatoms. The maximum atomic E-state index is 12.8. The Bertz CT molecular complexity index is 428. The third-order valence-electron chi connectivity index (χ3n) is 7.10. The van der Waals surface area contributed by atoms with Crippen LogP contribution >= 0.6 is 0 Å². The number of nitrogens with one attached hydrogen (secondary N) is 1. The van der Waals surface area contributed by atoms with Gasteiger partial charge in [0.05, 0.1) is 0 Å². The summed E-state index contributed by atoms with van der Waals surface area (Å²) in [5, 5.41) is 3.48. The van der Waals surface area contributed by atoms with Crippen LogP contribution in [-0.2, 0) is 4.79 Å². The predicted octanol–water partition coefficient (Wildman–Crippen LogP) is 3.08. The van der Waals surface area contributed by atoms with Gasteiger partial charge in [0, 0.05) is 18.0 Å². The molecular formula is C18H32N2O. The van der Waals surface area contributed by atoms with E-state index in [0.29, 0.717) is 29.3 Å². The Hall–Kier alpha value is -0.570. The maximum Gasteiger partial charge on any atom is 0.223 e. The highest BCUT2D eigenvalue weighted by molar-refractivity contribution is 5.79. The smallest absolute Gasteiger partial charge is 0.223 e. The highest BCUT2D eigenvalue weighted by atomic mass is 16.2. The van der Waals surface area contributed by atoms with Gasteiger partial charge in [-0.1, -0.05) is 27.7 Å². The third kappa shape index (κ3) is 2.42. The minimum absolute atomic E-state index is 0.170. The number of hydrogen-bond acceptors (Lipinski definition) is 2. The van der Waals surface area contributed by atoms with Gasteiger partial charge in [-0.2, -0.15) is 0 Å². The summed E-state index contributed by atoms with van der Waals surface area (Å²) in [5.41, 5.74) is 6.60. The lowest BCUT2D eigenvalue weighted by Crippen LogP contribution is -2.54. The van der Waals surface area contributed by atoms with Crippen molar-refractivity contribution in [2.75, 3.05) is 0 Å². The van der Waals surface area contributed by atoms with Gasteiger partial charge in [0.15, 0.2) is 0 Å². The summed E-state index contributed by atoms with van der Waals surface area (Å²) in [4.78, 5) is 12.8. The van der Waals surface area contributed by atoms with Crippen LogP contribution in [0.4, 0.5) is 0 Å². The van der Waals surface area contributed by atoms with E-state index >= 15 is 0 Å². The van der Waals surface area contributed by atoms with Gasteiger partial charge >= 0.3 is 0 Å². The largest absolute Gasteiger partial charge is 0.352 e. The molecule has 3 aliphatic rings. The molecule has 3 rings (SSSR count). The Morgan fingerprint density at radius 3 is 2.48 bits per heavy atom. The topological polar surface area (TPSA) is 55.1 Å². The molecule has 3 N–H and O–H groups in total. The molecule has 0 aliphatic heterocycles. The molecule has 3 saturated carbocycles. The standard InChI is InChI=1S/C18H32N2O/c1-11-9-13(19)5-6-14(11)15(21)20-16-17(2,3)12-7-8-18(16,4)10-12/h11-14,16H,5-10,19H2,1-4H3,(H,20,21). The number of carbonyl (C=O) groups is 1. The van der Waals surface area contributed by atoms with Crippen LogP contribution in [0, 0.1) is 28.6 Å². The number of carbonyl (C=O) groups excluding carboxylic acids is 1. The minimum Gasteiger partial charge on any atom is -0.352 e. The number of amides is 1. The summed E-state index contributed by atoms with van der Waals surface area (Å²) in [7, 11) is 0. The third-order valence-corrected chi connectivity index (χ3v) is 7.10. The molecule has 0 spiro atoms. The van der Waals surface area contributed by atoms with Gasteiger partial charge < -0.3 is 11.1 Å². The second-order valence-corrected chi connectivity index (χ2v) is 9.01. The van der Waals surface area contributed by atoms with Crippen LogP contribution in [0.15, 0.2) is 0 Å². The molecule has 0 radical (unpaired) electrons. The zero-order valence-electron chi connectivity index (χ0n) is 14.1. The first-order valence-corrected chi connectivity index (χ1v) is 8.80. The van der Waals surface area contributed by atoms with Crippen LogP contribution in [0.3, 0.4) is 0 Å². The van der Waals surface area contributed by atoms with Crippen LogP contribution in [0.2, 0.25) is 0 Å². The molecule has 3 aliphatic carbocycles. The lowest BCUT2D eigenvalue weighted by molar-refractivity contribution is -0.130. The first-order valence-electron chi connectivity index (χ1n) is 8.80. The van der Waals surface area contributed by atoms with Crippen molar-refractivity contribution in [1.82, 2.24) is 5.32 Å². The molecule has 0 saturated heterocycles. The molecule has 3 fully saturated rings.